The Morgan fingerprint density at radius 3 is 2.82 bits per heavy atom. The van der Waals surface area contributed by atoms with Crippen LogP contribution in [-0.2, 0) is 0 Å². The smallest absolute Gasteiger partial charge is 0.247 e. The Balaban J connectivity index is 2.07. The van der Waals surface area contributed by atoms with Crippen LogP contribution in [0.1, 0.15) is 18.0 Å². The van der Waals surface area contributed by atoms with Crippen LogP contribution >= 0.6 is 11.3 Å². The number of thiazole rings is 1. The standard InChI is InChI=1S/C12H11N3OS/c1-7(13)12-15-9(6-17-12)11-14-8-4-2-3-5-10(8)16-11/h2-7H,13H2,1H3. The summed E-state index contributed by atoms with van der Waals surface area (Å²) in [5.41, 5.74) is 8.15. The number of hydrogen-bond acceptors (Lipinski definition) is 5. The summed E-state index contributed by atoms with van der Waals surface area (Å²) in [6.45, 7) is 1.91. The number of para-hydroxylation sites is 2. The Morgan fingerprint density at radius 2 is 2.12 bits per heavy atom. The molecule has 0 saturated carbocycles. The minimum absolute atomic E-state index is 0.0573. The third-order valence-corrected chi connectivity index (χ3v) is 3.47. The molecular weight excluding hydrogens is 234 g/mol. The molecule has 0 radical (unpaired) electrons. The van der Waals surface area contributed by atoms with Crippen LogP contribution in [0.2, 0.25) is 0 Å². The number of fused-ring (bicyclic) bond motifs is 1. The van der Waals surface area contributed by atoms with Crippen LogP contribution in [0.25, 0.3) is 22.7 Å². The predicted molar refractivity (Wildman–Crippen MR) is 67.7 cm³/mol. The maximum Gasteiger partial charge on any atom is 0.247 e. The van der Waals surface area contributed by atoms with Crippen molar-refractivity contribution in [2.45, 2.75) is 13.0 Å². The summed E-state index contributed by atoms with van der Waals surface area (Å²) in [7, 11) is 0. The van der Waals surface area contributed by atoms with Gasteiger partial charge in [-0.3, -0.25) is 0 Å². The second-order valence-corrected chi connectivity index (χ2v) is 4.74. The zero-order chi connectivity index (χ0) is 11.8. The van der Waals surface area contributed by atoms with E-state index < -0.39 is 0 Å². The molecule has 0 aliphatic heterocycles. The molecule has 0 saturated heterocycles. The molecule has 17 heavy (non-hydrogen) atoms. The summed E-state index contributed by atoms with van der Waals surface area (Å²) >= 11 is 1.53. The normalized spacial score (nSPS) is 13.1. The highest BCUT2D eigenvalue weighted by molar-refractivity contribution is 7.10. The maximum absolute atomic E-state index is 5.78. The van der Waals surface area contributed by atoms with Gasteiger partial charge in [0.25, 0.3) is 0 Å². The van der Waals surface area contributed by atoms with Gasteiger partial charge >= 0.3 is 0 Å². The fraction of sp³-hybridized carbons (Fsp3) is 0.167. The number of benzene rings is 1. The van der Waals surface area contributed by atoms with Crippen LogP contribution in [0.15, 0.2) is 34.1 Å². The van der Waals surface area contributed by atoms with Crippen LogP contribution < -0.4 is 5.73 Å². The van der Waals surface area contributed by atoms with E-state index in [2.05, 4.69) is 9.97 Å². The van der Waals surface area contributed by atoms with Crippen LogP contribution in [0.3, 0.4) is 0 Å². The summed E-state index contributed by atoms with van der Waals surface area (Å²) in [4.78, 5) is 8.80. The minimum Gasteiger partial charge on any atom is -0.435 e. The number of nitrogens with zero attached hydrogens (tertiary/aromatic N) is 2. The lowest BCUT2D eigenvalue weighted by atomic mass is 10.3. The summed E-state index contributed by atoms with van der Waals surface area (Å²) < 4.78 is 5.64. The minimum atomic E-state index is -0.0573. The number of rotatable bonds is 2. The monoisotopic (exact) mass is 245 g/mol. The molecule has 2 N–H and O–H groups in total. The lowest BCUT2D eigenvalue weighted by molar-refractivity contribution is 0.616. The average molecular weight is 245 g/mol. The number of aromatic nitrogens is 2. The van der Waals surface area contributed by atoms with Crippen molar-refractivity contribution in [3.05, 3.63) is 34.7 Å². The molecule has 2 aromatic heterocycles. The summed E-state index contributed by atoms with van der Waals surface area (Å²) in [6.07, 6.45) is 0. The molecule has 0 bridgehead atoms. The second-order valence-electron chi connectivity index (χ2n) is 3.85. The molecule has 3 rings (SSSR count). The average Bonchev–Trinajstić information content (AvgIpc) is 2.95. The number of hydrogen-bond donors (Lipinski definition) is 1. The molecule has 1 aromatic carbocycles. The van der Waals surface area contributed by atoms with Gasteiger partial charge in [0.2, 0.25) is 5.89 Å². The Bertz CT molecular complexity index is 623. The van der Waals surface area contributed by atoms with E-state index in [-0.39, 0.29) is 6.04 Å². The van der Waals surface area contributed by atoms with Crippen molar-refractivity contribution in [2.24, 2.45) is 5.73 Å². The molecule has 4 nitrogen and oxygen atoms in total. The summed E-state index contributed by atoms with van der Waals surface area (Å²) in [5, 5.41) is 2.81. The van der Waals surface area contributed by atoms with Gasteiger partial charge in [-0.2, -0.15) is 0 Å². The molecule has 3 aromatic rings. The van der Waals surface area contributed by atoms with E-state index in [1.54, 1.807) is 0 Å². The third kappa shape index (κ3) is 1.83. The Labute approximate surface area is 102 Å². The van der Waals surface area contributed by atoms with Gasteiger partial charge in [-0.05, 0) is 19.1 Å². The molecule has 0 aliphatic rings. The first-order chi connectivity index (χ1) is 8.24. The van der Waals surface area contributed by atoms with Gasteiger partial charge < -0.3 is 10.2 Å². The molecule has 1 atom stereocenters. The highest BCUT2D eigenvalue weighted by atomic mass is 32.1. The first-order valence-electron chi connectivity index (χ1n) is 5.31. The van der Waals surface area contributed by atoms with Gasteiger partial charge in [-0.1, -0.05) is 12.1 Å². The van der Waals surface area contributed by atoms with Gasteiger partial charge in [0, 0.05) is 5.38 Å². The van der Waals surface area contributed by atoms with Gasteiger partial charge in [-0.15, -0.1) is 11.3 Å². The van der Waals surface area contributed by atoms with Crippen LogP contribution in [0, 0.1) is 0 Å². The van der Waals surface area contributed by atoms with Crippen molar-refractivity contribution in [1.82, 2.24) is 9.97 Å². The van der Waals surface area contributed by atoms with Gasteiger partial charge in [0.1, 0.15) is 16.2 Å². The molecule has 2 heterocycles. The second kappa shape index (κ2) is 3.94. The molecular formula is C12H11N3OS. The van der Waals surface area contributed by atoms with E-state index in [4.69, 9.17) is 10.2 Å². The quantitative estimate of drug-likeness (QED) is 0.753. The van der Waals surface area contributed by atoms with Crippen molar-refractivity contribution < 1.29 is 4.42 Å². The fourth-order valence-corrected chi connectivity index (χ4v) is 2.33. The largest absolute Gasteiger partial charge is 0.435 e. The first-order valence-corrected chi connectivity index (χ1v) is 6.19. The topological polar surface area (TPSA) is 64.9 Å². The molecule has 0 amide bonds. The molecule has 1 unspecified atom stereocenters. The van der Waals surface area contributed by atoms with Crippen molar-refractivity contribution in [2.75, 3.05) is 0 Å². The lowest BCUT2D eigenvalue weighted by Crippen LogP contribution is -2.03. The molecule has 0 aliphatic carbocycles. The highest BCUT2D eigenvalue weighted by Gasteiger charge is 2.12. The lowest BCUT2D eigenvalue weighted by Gasteiger charge is -1.95. The van der Waals surface area contributed by atoms with E-state index in [0.29, 0.717) is 5.89 Å². The van der Waals surface area contributed by atoms with E-state index in [1.165, 1.54) is 11.3 Å². The molecule has 0 fully saturated rings. The Morgan fingerprint density at radius 1 is 1.29 bits per heavy atom. The first kappa shape index (κ1) is 10.4. The van der Waals surface area contributed by atoms with Gasteiger partial charge in [-0.25, -0.2) is 9.97 Å². The van der Waals surface area contributed by atoms with Gasteiger partial charge in [0.15, 0.2) is 5.58 Å². The van der Waals surface area contributed by atoms with Crippen LogP contribution in [0.5, 0.6) is 0 Å². The van der Waals surface area contributed by atoms with Gasteiger partial charge in [0.05, 0.1) is 6.04 Å². The third-order valence-electron chi connectivity index (χ3n) is 2.42. The van der Waals surface area contributed by atoms with Crippen LogP contribution in [0.4, 0.5) is 0 Å². The zero-order valence-corrected chi connectivity index (χ0v) is 10.1. The number of oxazole rings is 1. The Kier molecular flexibility index (Phi) is 2.42. The van der Waals surface area contributed by atoms with Crippen molar-refractivity contribution in [3.8, 4) is 11.6 Å². The molecule has 0 spiro atoms. The van der Waals surface area contributed by atoms with Crippen molar-refractivity contribution in [1.29, 1.82) is 0 Å². The van der Waals surface area contributed by atoms with E-state index in [1.807, 2.05) is 36.6 Å². The predicted octanol–water partition coefficient (Wildman–Crippen LogP) is 2.97. The van der Waals surface area contributed by atoms with E-state index >= 15 is 0 Å². The van der Waals surface area contributed by atoms with Crippen molar-refractivity contribution in [3.63, 3.8) is 0 Å². The maximum atomic E-state index is 5.78. The summed E-state index contributed by atoms with van der Waals surface area (Å²) in [5.74, 6) is 0.550. The van der Waals surface area contributed by atoms with E-state index in [9.17, 15) is 0 Å². The molecule has 86 valence electrons. The SMILES string of the molecule is CC(N)c1nc(-c2nc3ccccc3o2)cs1. The molecule has 5 heteroatoms. The highest BCUT2D eigenvalue weighted by Crippen LogP contribution is 2.26. The zero-order valence-electron chi connectivity index (χ0n) is 9.25. The van der Waals surface area contributed by atoms with E-state index in [0.717, 1.165) is 21.8 Å². The van der Waals surface area contributed by atoms with Crippen LogP contribution in [-0.4, -0.2) is 9.97 Å². The Hall–Kier alpha value is -1.72. The van der Waals surface area contributed by atoms with Crippen molar-refractivity contribution >= 4 is 22.4 Å². The summed E-state index contributed by atoms with van der Waals surface area (Å²) in [6, 6.07) is 7.61. The number of nitrogens with two attached hydrogens (primary N) is 1. The fourth-order valence-electron chi connectivity index (χ4n) is 1.58.